The highest BCUT2D eigenvalue weighted by Crippen LogP contribution is 2.09. The van der Waals surface area contributed by atoms with E-state index >= 15 is 0 Å². The summed E-state index contributed by atoms with van der Waals surface area (Å²) in [5.74, 6) is 0. The molecule has 2 aromatic rings. The van der Waals surface area contributed by atoms with Crippen molar-refractivity contribution in [3.8, 4) is 5.69 Å². The summed E-state index contributed by atoms with van der Waals surface area (Å²) >= 11 is 4.68. The molecule has 7 nitrogen and oxygen atoms in total. The molecule has 0 unspecified atom stereocenters. The van der Waals surface area contributed by atoms with E-state index in [0.717, 1.165) is 17.0 Å². The van der Waals surface area contributed by atoms with Crippen molar-refractivity contribution in [1.29, 1.82) is 0 Å². The minimum Gasteiger partial charge on any atom is -0.375 e. The molecule has 0 radical (unpaired) electrons. The molecule has 18 heavy (non-hydrogen) atoms. The van der Waals surface area contributed by atoms with Gasteiger partial charge in [-0.15, -0.1) is 5.10 Å². The molecule has 0 saturated heterocycles. The van der Waals surface area contributed by atoms with E-state index in [2.05, 4.69) is 38.3 Å². The summed E-state index contributed by atoms with van der Waals surface area (Å²) in [6, 6.07) is 7.63. The van der Waals surface area contributed by atoms with Crippen molar-refractivity contribution >= 4 is 23.0 Å². The molecule has 1 aromatic heterocycles. The van der Waals surface area contributed by atoms with E-state index in [9.17, 15) is 0 Å². The van der Waals surface area contributed by atoms with Crippen molar-refractivity contribution in [2.45, 2.75) is 6.92 Å². The van der Waals surface area contributed by atoms with Gasteiger partial charge in [0.2, 0.25) is 0 Å². The number of hydrazone groups is 1. The molecule has 1 heterocycles. The van der Waals surface area contributed by atoms with Crippen molar-refractivity contribution in [2.75, 3.05) is 0 Å². The molecule has 92 valence electrons. The molecular weight excluding hydrogens is 250 g/mol. The third kappa shape index (κ3) is 2.86. The van der Waals surface area contributed by atoms with Gasteiger partial charge in [-0.25, -0.2) is 4.68 Å². The van der Waals surface area contributed by atoms with Crippen LogP contribution in [0.2, 0.25) is 0 Å². The van der Waals surface area contributed by atoms with Gasteiger partial charge in [-0.1, -0.05) is 12.1 Å². The Kier molecular flexibility index (Phi) is 3.58. The maximum absolute atomic E-state index is 5.31. The summed E-state index contributed by atoms with van der Waals surface area (Å²) in [6.45, 7) is 1.85. The van der Waals surface area contributed by atoms with Crippen LogP contribution < -0.4 is 11.2 Å². The molecule has 3 N–H and O–H groups in total. The van der Waals surface area contributed by atoms with Gasteiger partial charge in [0.25, 0.3) is 0 Å². The van der Waals surface area contributed by atoms with Crippen LogP contribution >= 0.6 is 12.2 Å². The van der Waals surface area contributed by atoms with Crippen LogP contribution in [0.25, 0.3) is 5.69 Å². The molecule has 1 aromatic carbocycles. The van der Waals surface area contributed by atoms with Crippen LogP contribution in [0.5, 0.6) is 0 Å². The van der Waals surface area contributed by atoms with Crippen LogP contribution in [0.4, 0.5) is 0 Å². The molecule has 0 amide bonds. The highest BCUT2D eigenvalue weighted by Gasteiger charge is 2.02. The molecule has 0 aliphatic rings. The largest absolute Gasteiger partial charge is 0.375 e. The number of thiocarbonyl (C=S) groups is 1. The number of nitrogens with zero attached hydrogens (tertiary/aromatic N) is 5. The second kappa shape index (κ2) is 5.32. The van der Waals surface area contributed by atoms with Crippen LogP contribution in [0.3, 0.4) is 0 Å². The molecular formula is C10H11N7S. The van der Waals surface area contributed by atoms with Gasteiger partial charge in [0.1, 0.15) is 6.33 Å². The Morgan fingerprint density at radius 1 is 1.50 bits per heavy atom. The Hall–Kier alpha value is -2.35. The highest BCUT2D eigenvalue weighted by atomic mass is 32.1. The van der Waals surface area contributed by atoms with Crippen molar-refractivity contribution in [1.82, 2.24) is 25.6 Å². The summed E-state index contributed by atoms with van der Waals surface area (Å²) in [5, 5.41) is 15.2. The third-order valence-electron chi connectivity index (χ3n) is 2.21. The van der Waals surface area contributed by atoms with Gasteiger partial charge in [-0.05, 0) is 47.3 Å². The molecule has 0 atom stereocenters. The number of aromatic nitrogens is 4. The summed E-state index contributed by atoms with van der Waals surface area (Å²) < 4.78 is 1.57. The van der Waals surface area contributed by atoms with Crippen LogP contribution in [-0.4, -0.2) is 31.0 Å². The topological polar surface area (TPSA) is 94.0 Å². The van der Waals surface area contributed by atoms with Crippen molar-refractivity contribution in [3.05, 3.63) is 36.2 Å². The average molecular weight is 261 g/mol. The summed E-state index contributed by atoms with van der Waals surface area (Å²) in [7, 11) is 0. The Morgan fingerprint density at radius 3 is 3.00 bits per heavy atom. The zero-order chi connectivity index (χ0) is 13.0. The number of hydrogen-bond acceptors (Lipinski definition) is 5. The first-order chi connectivity index (χ1) is 8.66. The second-order valence-electron chi connectivity index (χ2n) is 3.48. The Balaban J connectivity index is 2.27. The quantitative estimate of drug-likeness (QED) is 0.466. The molecule has 0 bridgehead atoms. The van der Waals surface area contributed by atoms with E-state index < -0.39 is 0 Å². The van der Waals surface area contributed by atoms with E-state index in [0.29, 0.717) is 0 Å². The molecule has 2 rings (SSSR count). The van der Waals surface area contributed by atoms with Gasteiger partial charge in [0.05, 0.1) is 11.4 Å². The zero-order valence-corrected chi connectivity index (χ0v) is 10.4. The molecule has 0 saturated carbocycles. The number of tetrazole rings is 1. The van der Waals surface area contributed by atoms with Crippen molar-refractivity contribution in [2.24, 2.45) is 10.8 Å². The van der Waals surface area contributed by atoms with E-state index in [1.807, 2.05) is 31.2 Å². The van der Waals surface area contributed by atoms with Crippen LogP contribution in [-0.2, 0) is 0 Å². The van der Waals surface area contributed by atoms with Gasteiger partial charge in [0.15, 0.2) is 5.11 Å². The number of nitrogens with two attached hydrogens (primary N) is 1. The monoisotopic (exact) mass is 261 g/mol. The van der Waals surface area contributed by atoms with Gasteiger partial charge < -0.3 is 5.73 Å². The van der Waals surface area contributed by atoms with E-state index in [1.165, 1.54) is 6.33 Å². The Morgan fingerprint density at radius 2 is 2.33 bits per heavy atom. The predicted molar refractivity (Wildman–Crippen MR) is 71.3 cm³/mol. The fraction of sp³-hybridized carbons (Fsp3) is 0.100. The number of nitrogens with one attached hydrogen (secondary N) is 1. The Bertz CT molecular complexity index is 576. The second-order valence-corrected chi connectivity index (χ2v) is 3.92. The first kappa shape index (κ1) is 12.1. The minimum absolute atomic E-state index is 0.131. The fourth-order valence-electron chi connectivity index (χ4n) is 1.36. The van der Waals surface area contributed by atoms with Gasteiger partial charge in [-0.2, -0.15) is 5.10 Å². The normalized spacial score (nSPS) is 11.3. The lowest BCUT2D eigenvalue weighted by atomic mass is 10.1. The maximum atomic E-state index is 5.31. The minimum atomic E-state index is 0.131. The van der Waals surface area contributed by atoms with Gasteiger partial charge >= 0.3 is 0 Å². The van der Waals surface area contributed by atoms with E-state index in [4.69, 9.17) is 5.73 Å². The SMILES string of the molecule is C/C(=N\NC(N)=S)c1cccc(-n2cnnn2)c1. The number of hydrogen-bond donors (Lipinski definition) is 2. The standard InChI is InChI=1S/C10H11N7S/c1-7(13-14-10(11)18)8-3-2-4-9(5-8)17-6-12-15-16-17/h2-6H,1H3,(H3,11,14,18)/b13-7+. The van der Waals surface area contributed by atoms with Crippen LogP contribution in [0.1, 0.15) is 12.5 Å². The Labute approximate surface area is 109 Å². The lowest BCUT2D eigenvalue weighted by Crippen LogP contribution is -2.25. The van der Waals surface area contributed by atoms with E-state index in [-0.39, 0.29) is 5.11 Å². The zero-order valence-electron chi connectivity index (χ0n) is 9.61. The average Bonchev–Trinajstić information content (AvgIpc) is 2.90. The molecule has 0 spiro atoms. The lowest BCUT2D eigenvalue weighted by molar-refractivity contribution is 0.789. The molecule has 8 heteroatoms. The smallest absolute Gasteiger partial charge is 0.184 e. The van der Waals surface area contributed by atoms with Crippen molar-refractivity contribution in [3.63, 3.8) is 0 Å². The summed E-state index contributed by atoms with van der Waals surface area (Å²) in [6.07, 6.45) is 1.53. The van der Waals surface area contributed by atoms with Crippen LogP contribution in [0.15, 0.2) is 35.7 Å². The predicted octanol–water partition coefficient (Wildman–Crippen LogP) is 0.219. The first-order valence-corrected chi connectivity index (χ1v) is 5.51. The number of benzene rings is 1. The molecule has 0 aliphatic heterocycles. The summed E-state index contributed by atoms with van der Waals surface area (Å²) in [4.78, 5) is 0. The summed E-state index contributed by atoms with van der Waals surface area (Å²) in [5.41, 5.74) is 10.4. The molecule has 0 fully saturated rings. The van der Waals surface area contributed by atoms with Crippen molar-refractivity contribution < 1.29 is 0 Å². The fourth-order valence-corrected chi connectivity index (χ4v) is 1.40. The molecule has 0 aliphatic carbocycles. The maximum Gasteiger partial charge on any atom is 0.184 e. The first-order valence-electron chi connectivity index (χ1n) is 5.10. The third-order valence-corrected chi connectivity index (χ3v) is 2.30. The highest BCUT2D eigenvalue weighted by molar-refractivity contribution is 7.80. The van der Waals surface area contributed by atoms with E-state index in [1.54, 1.807) is 4.68 Å². The lowest BCUT2D eigenvalue weighted by Gasteiger charge is -2.04. The number of rotatable bonds is 3. The van der Waals surface area contributed by atoms with Gasteiger partial charge in [0, 0.05) is 0 Å². The van der Waals surface area contributed by atoms with Gasteiger partial charge in [-0.3, -0.25) is 5.43 Å². The van der Waals surface area contributed by atoms with Crippen LogP contribution in [0, 0.1) is 0 Å².